The van der Waals surface area contributed by atoms with Crippen molar-refractivity contribution in [1.29, 1.82) is 0 Å². The molecule has 1 fully saturated rings. The number of nitrogens with one attached hydrogen (secondary N) is 1. The predicted molar refractivity (Wildman–Crippen MR) is 83.5 cm³/mol. The maximum absolute atomic E-state index is 12.7. The van der Waals surface area contributed by atoms with E-state index in [9.17, 15) is 4.79 Å². The van der Waals surface area contributed by atoms with Crippen molar-refractivity contribution in [3.8, 4) is 0 Å². The molecule has 1 aromatic rings. The van der Waals surface area contributed by atoms with E-state index in [1.807, 2.05) is 20.2 Å². The zero-order valence-electron chi connectivity index (χ0n) is 12.1. The minimum absolute atomic E-state index is 0.0765. The van der Waals surface area contributed by atoms with E-state index in [1.165, 1.54) is 0 Å². The standard InChI is InChI=1S/C14H22N4OS/c1-3-10-11(9-18(2)17-10)16-13(19)14(12(15)20)7-5-4-6-8-14/h9H,3-8H2,1-2H3,(H2,15,20)(H,16,19). The number of rotatable bonds is 4. The molecule has 3 N–H and O–H groups in total. The highest BCUT2D eigenvalue weighted by Gasteiger charge is 2.42. The SMILES string of the molecule is CCc1nn(C)cc1NC(=O)C1(C(N)=S)CCCCC1. The molecule has 2 rings (SSSR count). The van der Waals surface area contributed by atoms with Gasteiger partial charge in [0.15, 0.2) is 0 Å². The van der Waals surface area contributed by atoms with Crippen LogP contribution in [-0.2, 0) is 18.3 Å². The Morgan fingerprint density at radius 2 is 2.15 bits per heavy atom. The maximum atomic E-state index is 12.7. The van der Waals surface area contributed by atoms with Crippen LogP contribution in [0.25, 0.3) is 0 Å². The van der Waals surface area contributed by atoms with Gasteiger partial charge >= 0.3 is 0 Å². The van der Waals surface area contributed by atoms with Gasteiger partial charge in [-0.15, -0.1) is 0 Å². The van der Waals surface area contributed by atoms with Crippen LogP contribution in [0.1, 0.15) is 44.7 Å². The normalized spacial score (nSPS) is 17.7. The van der Waals surface area contributed by atoms with Crippen LogP contribution >= 0.6 is 12.2 Å². The van der Waals surface area contributed by atoms with Crippen LogP contribution in [0.3, 0.4) is 0 Å². The second-order valence-electron chi connectivity index (χ2n) is 5.48. The molecule has 1 amide bonds. The molecule has 1 aliphatic rings. The van der Waals surface area contributed by atoms with Crippen molar-refractivity contribution in [2.24, 2.45) is 18.2 Å². The van der Waals surface area contributed by atoms with Crippen molar-refractivity contribution in [3.05, 3.63) is 11.9 Å². The number of nitrogens with two attached hydrogens (primary N) is 1. The molecular weight excluding hydrogens is 272 g/mol. The summed E-state index contributed by atoms with van der Waals surface area (Å²) in [4.78, 5) is 13.0. The molecular formula is C14H22N4OS. The van der Waals surface area contributed by atoms with Crippen LogP contribution in [0.5, 0.6) is 0 Å². The van der Waals surface area contributed by atoms with Crippen molar-refractivity contribution in [2.75, 3.05) is 5.32 Å². The Morgan fingerprint density at radius 3 is 2.70 bits per heavy atom. The molecule has 1 aliphatic carbocycles. The molecule has 0 atom stereocenters. The summed E-state index contributed by atoms with van der Waals surface area (Å²) in [6.07, 6.45) is 7.23. The van der Waals surface area contributed by atoms with Gasteiger partial charge in [-0.25, -0.2) is 0 Å². The third-order valence-corrected chi connectivity index (χ3v) is 4.49. The Kier molecular flexibility index (Phi) is 4.42. The molecule has 1 saturated carbocycles. The van der Waals surface area contributed by atoms with E-state index in [1.54, 1.807) is 4.68 Å². The van der Waals surface area contributed by atoms with Crippen molar-refractivity contribution in [2.45, 2.75) is 45.4 Å². The quantitative estimate of drug-likeness (QED) is 0.835. The molecule has 1 heterocycles. The molecule has 5 nitrogen and oxygen atoms in total. The van der Waals surface area contributed by atoms with E-state index in [4.69, 9.17) is 18.0 Å². The van der Waals surface area contributed by atoms with E-state index in [0.717, 1.165) is 49.9 Å². The summed E-state index contributed by atoms with van der Waals surface area (Å²) in [5, 5.41) is 7.32. The largest absolute Gasteiger partial charge is 0.392 e. The first-order chi connectivity index (χ1) is 9.49. The Morgan fingerprint density at radius 1 is 1.50 bits per heavy atom. The second kappa shape index (κ2) is 5.91. The summed E-state index contributed by atoms with van der Waals surface area (Å²) in [7, 11) is 1.85. The maximum Gasteiger partial charge on any atom is 0.237 e. The average molecular weight is 294 g/mol. The number of aromatic nitrogens is 2. The molecule has 1 aromatic heterocycles. The number of hydrogen-bond donors (Lipinski definition) is 2. The lowest BCUT2D eigenvalue weighted by molar-refractivity contribution is -0.123. The first kappa shape index (κ1) is 15.0. The van der Waals surface area contributed by atoms with Gasteiger partial charge in [-0.1, -0.05) is 38.4 Å². The molecule has 0 saturated heterocycles. The van der Waals surface area contributed by atoms with Gasteiger partial charge in [-0.3, -0.25) is 9.48 Å². The Hall–Kier alpha value is -1.43. The smallest absolute Gasteiger partial charge is 0.237 e. The molecule has 0 radical (unpaired) electrons. The second-order valence-corrected chi connectivity index (χ2v) is 5.92. The minimum Gasteiger partial charge on any atom is -0.392 e. The molecule has 0 spiro atoms. The average Bonchev–Trinajstić information content (AvgIpc) is 2.79. The van der Waals surface area contributed by atoms with E-state index in [2.05, 4.69) is 10.4 Å². The van der Waals surface area contributed by atoms with Gasteiger partial charge in [0, 0.05) is 13.2 Å². The highest BCUT2D eigenvalue weighted by atomic mass is 32.1. The fourth-order valence-electron chi connectivity index (χ4n) is 2.88. The molecule has 0 bridgehead atoms. The number of thiocarbonyl (C=S) groups is 1. The highest BCUT2D eigenvalue weighted by molar-refractivity contribution is 7.80. The van der Waals surface area contributed by atoms with Crippen molar-refractivity contribution >= 4 is 28.8 Å². The zero-order valence-corrected chi connectivity index (χ0v) is 12.9. The highest BCUT2D eigenvalue weighted by Crippen LogP contribution is 2.38. The monoisotopic (exact) mass is 294 g/mol. The summed E-state index contributed by atoms with van der Waals surface area (Å²) in [6.45, 7) is 2.02. The van der Waals surface area contributed by atoms with Crippen LogP contribution in [0.15, 0.2) is 6.20 Å². The van der Waals surface area contributed by atoms with Crippen molar-refractivity contribution in [1.82, 2.24) is 9.78 Å². The Bertz CT molecular complexity index is 517. The summed E-state index contributed by atoms with van der Waals surface area (Å²) >= 11 is 5.18. The topological polar surface area (TPSA) is 72.9 Å². The van der Waals surface area contributed by atoms with Crippen LogP contribution in [0.4, 0.5) is 5.69 Å². The molecule has 0 aromatic carbocycles. The molecule has 0 aliphatic heterocycles. The lowest BCUT2D eigenvalue weighted by atomic mass is 9.73. The lowest BCUT2D eigenvalue weighted by Crippen LogP contribution is -2.47. The Balaban J connectivity index is 2.22. The fourth-order valence-corrected chi connectivity index (χ4v) is 3.18. The van der Waals surface area contributed by atoms with Crippen LogP contribution < -0.4 is 11.1 Å². The van der Waals surface area contributed by atoms with Gasteiger partial charge in [0.25, 0.3) is 0 Å². The van der Waals surface area contributed by atoms with E-state index < -0.39 is 5.41 Å². The predicted octanol–water partition coefficient (Wildman–Crippen LogP) is 2.16. The summed E-state index contributed by atoms with van der Waals surface area (Å²) in [5.74, 6) is -0.0765. The summed E-state index contributed by atoms with van der Waals surface area (Å²) in [6, 6.07) is 0. The third-order valence-electron chi connectivity index (χ3n) is 4.10. The third kappa shape index (κ3) is 2.70. The van der Waals surface area contributed by atoms with Crippen LogP contribution in [-0.4, -0.2) is 20.7 Å². The zero-order chi connectivity index (χ0) is 14.8. The number of carbonyl (C=O) groups is 1. The number of carbonyl (C=O) groups excluding carboxylic acids is 1. The first-order valence-electron chi connectivity index (χ1n) is 7.13. The van der Waals surface area contributed by atoms with E-state index in [0.29, 0.717) is 4.99 Å². The van der Waals surface area contributed by atoms with Gasteiger partial charge in [0.2, 0.25) is 5.91 Å². The van der Waals surface area contributed by atoms with Crippen molar-refractivity contribution < 1.29 is 4.79 Å². The van der Waals surface area contributed by atoms with Gasteiger partial charge in [-0.2, -0.15) is 5.10 Å². The lowest BCUT2D eigenvalue weighted by Gasteiger charge is -2.34. The number of nitrogens with zero attached hydrogens (tertiary/aromatic N) is 2. The van der Waals surface area contributed by atoms with Gasteiger partial charge in [0.05, 0.1) is 21.8 Å². The van der Waals surface area contributed by atoms with E-state index in [-0.39, 0.29) is 5.91 Å². The number of aryl methyl sites for hydroxylation is 2. The molecule has 20 heavy (non-hydrogen) atoms. The van der Waals surface area contributed by atoms with Gasteiger partial charge < -0.3 is 11.1 Å². The number of amides is 1. The fraction of sp³-hybridized carbons (Fsp3) is 0.643. The van der Waals surface area contributed by atoms with Crippen molar-refractivity contribution in [3.63, 3.8) is 0 Å². The van der Waals surface area contributed by atoms with Gasteiger partial charge in [-0.05, 0) is 19.3 Å². The van der Waals surface area contributed by atoms with Crippen LogP contribution in [0, 0.1) is 5.41 Å². The molecule has 110 valence electrons. The van der Waals surface area contributed by atoms with E-state index >= 15 is 0 Å². The molecule has 0 unspecified atom stereocenters. The molecule has 6 heteroatoms. The minimum atomic E-state index is -0.686. The first-order valence-corrected chi connectivity index (χ1v) is 7.54. The van der Waals surface area contributed by atoms with Gasteiger partial charge in [0.1, 0.15) is 0 Å². The Labute approximate surface area is 124 Å². The summed E-state index contributed by atoms with van der Waals surface area (Å²) < 4.78 is 1.71. The summed E-state index contributed by atoms with van der Waals surface area (Å²) in [5.41, 5.74) is 6.85. The number of hydrogen-bond acceptors (Lipinski definition) is 3. The van der Waals surface area contributed by atoms with Crippen LogP contribution in [0.2, 0.25) is 0 Å². The number of anilines is 1.